The van der Waals surface area contributed by atoms with Gasteiger partial charge in [-0.05, 0) is 37.1 Å². The monoisotopic (exact) mass is 432 g/mol. The lowest BCUT2D eigenvalue weighted by Gasteiger charge is -2.36. The highest BCUT2D eigenvalue weighted by Crippen LogP contribution is 2.40. The molecule has 160 valence electrons. The van der Waals surface area contributed by atoms with Crippen molar-refractivity contribution in [2.24, 2.45) is 5.73 Å². The number of nitrogens with two attached hydrogens (primary N) is 1. The lowest BCUT2D eigenvalue weighted by atomic mass is 10.2. The zero-order chi connectivity index (χ0) is 21.1. The van der Waals surface area contributed by atoms with Gasteiger partial charge in [-0.15, -0.1) is 10.2 Å². The van der Waals surface area contributed by atoms with Gasteiger partial charge in [0.05, 0.1) is 5.75 Å². The van der Waals surface area contributed by atoms with Crippen LogP contribution in [-0.2, 0) is 16.1 Å². The van der Waals surface area contributed by atoms with Crippen molar-refractivity contribution in [3.63, 3.8) is 0 Å². The summed E-state index contributed by atoms with van der Waals surface area (Å²) in [6.45, 7) is 3.11. The molecule has 0 atom stereocenters. The molecule has 2 fully saturated rings. The van der Waals surface area contributed by atoms with Crippen LogP contribution in [0, 0.1) is 5.82 Å². The summed E-state index contributed by atoms with van der Waals surface area (Å²) in [4.78, 5) is 27.9. The average Bonchev–Trinajstić information content (AvgIpc) is 3.51. The van der Waals surface area contributed by atoms with Crippen LogP contribution in [-0.4, -0.2) is 63.4 Å². The Bertz CT molecular complexity index is 907. The van der Waals surface area contributed by atoms with Gasteiger partial charge in [0.1, 0.15) is 11.6 Å². The molecule has 2 heterocycles. The molecule has 2 aromatic rings. The van der Waals surface area contributed by atoms with E-state index < -0.39 is 0 Å². The van der Waals surface area contributed by atoms with Crippen molar-refractivity contribution in [1.82, 2.24) is 19.7 Å². The molecule has 1 saturated heterocycles. The zero-order valence-electron chi connectivity index (χ0n) is 16.7. The van der Waals surface area contributed by atoms with E-state index in [1.165, 1.54) is 23.9 Å². The fourth-order valence-electron chi connectivity index (χ4n) is 3.57. The molecule has 10 heteroatoms. The summed E-state index contributed by atoms with van der Waals surface area (Å²) in [6.07, 6.45) is 2.39. The van der Waals surface area contributed by atoms with Gasteiger partial charge in [0.25, 0.3) is 0 Å². The highest BCUT2D eigenvalue weighted by Gasteiger charge is 2.31. The van der Waals surface area contributed by atoms with Crippen LogP contribution in [0.15, 0.2) is 29.4 Å². The topological polar surface area (TPSA) is 97.3 Å². The second kappa shape index (κ2) is 9.03. The van der Waals surface area contributed by atoms with Crippen LogP contribution < -0.4 is 10.6 Å². The molecular formula is C20H25FN6O2S. The number of hydrogen-bond acceptors (Lipinski definition) is 6. The quantitative estimate of drug-likeness (QED) is 0.637. The SMILES string of the molecule is NC(=O)CCn1c(SCC(=O)N2CCN(c3ccc(F)cc3)CC2)nnc1C1CC1. The van der Waals surface area contributed by atoms with Crippen LogP contribution in [0.4, 0.5) is 10.1 Å². The number of carbonyl (C=O) groups excluding carboxylic acids is 2. The number of anilines is 1. The van der Waals surface area contributed by atoms with Gasteiger partial charge in [0.2, 0.25) is 11.8 Å². The predicted molar refractivity (Wildman–Crippen MR) is 112 cm³/mol. The van der Waals surface area contributed by atoms with Crippen molar-refractivity contribution in [3.8, 4) is 0 Å². The Balaban J connectivity index is 1.31. The van der Waals surface area contributed by atoms with Crippen LogP contribution in [0.25, 0.3) is 0 Å². The molecule has 4 rings (SSSR count). The van der Waals surface area contributed by atoms with Gasteiger partial charge >= 0.3 is 0 Å². The van der Waals surface area contributed by atoms with Gasteiger partial charge < -0.3 is 20.1 Å². The number of thioether (sulfide) groups is 1. The molecule has 0 bridgehead atoms. The van der Waals surface area contributed by atoms with E-state index in [1.807, 2.05) is 9.47 Å². The van der Waals surface area contributed by atoms with E-state index >= 15 is 0 Å². The van der Waals surface area contributed by atoms with Gasteiger partial charge in [-0.1, -0.05) is 11.8 Å². The number of halogens is 1. The minimum Gasteiger partial charge on any atom is -0.370 e. The van der Waals surface area contributed by atoms with Crippen molar-refractivity contribution in [2.45, 2.75) is 36.9 Å². The Hall–Kier alpha value is -2.62. The van der Waals surface area contributed by atoms with Gasteiger partial charge in [0.15, 0.2) is 5.16 Å². The highest BCUT2D eigenvalue weighted by atomic mass is 32.2. The van der Waals surface area contributed by atoms with Gasteiger partial charge in [-0.3, -0.25) is 9.59 Å². The first kappa shape index (κ1) is 20.6. The van der Waals surface area contributed by atoms with Gasteiger partial charge in [-0.25, -0.2) is 4.39 Å². The van der Waals surface area contributed by atoms with Crippen molar-refractivity contribution in [3.05, 3.63) is 35.9 Å². The van der Waals surface area contributed by atoms with Gasteiger partial charge in [-0.2, -0.15) is 0 Å². The molecule has 1 aliphatic carbocycles. The molecule has 1 saturated carbocycles. The van der Waals surface area contributed by atoms with E-state index in [0.717, 1.165) is 24.4 Å². The Morgan fingerprint density at radius 3 is 2.43 bits per heavy atom. The first-order valence-corrected chi connectivity index (χ1v) is 11.1. The normalized spacial score (nSPS) is 16.7. The number of rotatable bonds is 8. The van der Waals surface area contributed by atoms with E-state index in [1.54, 1.807) is 12.1 Å². The maximum atomic E-state index is 13.1. The lowest BCUT2D eigenvalue weighted by Crippen LogP contribution is -2.49. The Morgan fingerprint density at radius 1 is 1.10 bits per heavy atom. The second-order valence-corrected chi connectivity index (χ2v) is 8.56. The fourth-order valence-corrected chi connectivity index (χ4v) is 4.44. The summed E-state index contributed by atoms with van der Waals surface area (Å²) in [6, 6.07) is 6.43. The van der Waals surface area contributed by atoms with E-state index in [0.29, 0.717) is 43.8 Å². The standard InChI is InChI=1S/C20H25FN6O2S/c21-15-3-5-16(6-4-15)25-9-11-26(12-10-25)18(29)13-30-20-24-23-19(14-1-2-14)27(20)8-7-17(22)28/h3-6,14H,1-2,7-13H2,(H2,22,28). The third kappa shape index (κ3) is 4.92. The molecule has 1 aromatic carbocycles. The molecule has 1 aromatic heterocycles. The average molecular weight is 433 g/mol. The summed E-state index contributed by atoms with van der Waals surface area (Å²) in [5, 5.41) is 9.19. The molecular weight excluding hydrogens is 407 g/mol. The molecule has 0 spiro atoms. The van der Waals surface area contributed by atoms with Crippen molar-refractivity contribution >= 4 is 29.3 Å². The van der Waals surface area contributed by atoms with E-state index in [9.17, 15) is 14.0 Å². The summed E-state index contributed by atoms with van der Waals surface area (Å²) in [5.41, 5.74) is 6.26. The number of piperazine rings is 1. The molecule has 2 aliphatic rings. The van der Waals surface area contributed by atoms with Crippen LogP contribution in [0.1, 0.15) is 31.0 Å². The van der Waals surface area contributed by atoms with E-state index in [-0.39, 0.29) is 29.8 Å². The maximum absolute atomic E-state index is 13.1. The highest BCUT2D eigenvalue weighted by molar-refractivity contribution is 7.99. The molecule has 8 nitrogen and oxygen atoms in total. The Labute approximate surface area is 178 Å². The minimum atomic E-state index is -0.364. The molecule has 0 radical (unpaired) electrons. The van der Waals surface area contributed by atoms with Crippen LogP contribution in [0.3, 0.4) is 0 Å². The van der Waals surface area contributed by atoms with Crippen molar-refractivity contribution in [2.75, 3.05) is 36.8 Å². The number of carbonyl (C=O) groups is 2. The van der Waals surface area contributed by atoms with Crippen molar-refractivity contribution in [1.29, 1.82) is 0 Å². The molecule has 1 aliphatic heterocycles. The first-order valence-electron chi connectivity index (χ1n) is 10.1. The van der Waals surface area contributed by atoms with Gasteiger partial charge in [0, 0.05) is 50.7 Å². The summed E-state index contributed by atoms with van der Waals surface area (Å²) in [5.74, 6) is 0.996. The molecule has 30 heavy (non-hydrogen) atoms. The smallest absolute Gasteiger partial charge is 0.233 e. The van der Waals surface area contributed by atoms with Crippen molar-refractivity contribution < 1.29 is 14.0 Å². The largest absolute Gasteiger partial charge is 0.370 e. The van der Waals surface area contributed by atoms with Crippen LogP contribution >= 0.6 is 11.8 Å². The number of hydrogen-bond donors (Lipinski definition) is 1. The third-order valence-corrected chi connectivity index (χ3v) is 6.37. The summed E-state index contributed by atoms with van der Waals surface area (Å²) >= 11 is 1.36. The number of aromatic nitrogens is 3. The number of benzene rings is 1. The lowest BCUT2D eigenvalue weighted by molar-refractivity contribution is -0.128. The van der Waals surface area contributed by atoms with E-state index in [2.05, 4.69) is 15.1 Å². The first-order chi connectivity index (χ1) is 14.5. The van der Waals surface area contributed by atoms with Crippen LogP contribution in [0.5, 0.6) is 0 Å². The number of amides is 2. The molecule has 2 N–H and O–H groups in total. The summed E-state index contributed by atoms with van der Waals surface area (Å²) in [7, 11) is 0. The summed E-state index contributed by atoms with van der Waals surface area (Å²) < 4.78 is 15.0. The second-order valence-electron chi connectivity index (χ2n) is 7.62. The Kier molecular flexibility index (Phi) is 6.21. The molecule has 2 amide bonds. The number of nitrogens with zero attached hydrogens (tertiary/aromatic N) is 5. The third-order valence-electron chi connectivity index (χ3n) is 5.42. The maximum Gasteiger partial charge on any atom is 0.233 e. The van der Waals surface area contributed by atoms with Crippen LogP contribution in [0.2, 0.25) is 0 Å². The minimum absolute atomic E-state index is 0.0520. The fraction of sp³-hybridized carbons (Fsp3) is 0.500. The van der Waals surface area contributed by atoms with E-state index in [4.69, 9.17) is 5.73 Å². The molecule has 0 unspecified atom stereocenters. The Morgan fingerprint density at radius 2 is 1.80 bits per heavy atom. The zero-order valence-corrected chi connectivity index (χ0v) is 17.5. The predicted octanol–water partition coefficient (Wildman–Crippen LogP) is 1.61. The number of primary amides is 1.